The molecular weight excluding hydrogens is 659 g/mol. The zero-order valence-electron chi connectivity index (χ0n) is 25.8. The number of aromatic nitrogens is 1. The summed E-state index contributed by atoms with van der Waals surface area (Å²) in [6.07, 6.45) is -1.60. The minimum Gasteiger partial charge on any atom is -0.487 e. The number of nitrogens with one attached hydrogen (secondary N) is 3. The fourth-order valence-electron chi connectivity index (χ4n) is 5.12. The van der Waals surface area contributed by atoms with Gasteiger partial charge in [-0.05, 0) is 76.6 Å². The van der Waals surface area contributed by atoms with Gasteiger partial charge in [0.25, 0.3) is 0 Å². The Morgan fingerprint density at radius 2 is 1.45 bits per heavy atom. The van der Waals surface area contributed by atoms with Gasteiger partial charge in [-0.3, -0.25) is 0 Å². The van der Waals surface area contributed by atoms with Gasteiger partial charge >= 0.3 is 0 Å². The van der Waals surface area contributed by atoms with Crippen LogP contribution in [0.1, 0.15) is 22.3 Å². The van der Waals surface area contributed by atoms with Crippen molar-refractivity contribution < 1.29 is 25.2 Å². The zero-order valence-corrected chi connectivity index (χ0v) is 28.2. The molecule has 2 atom stereocenters. The molecule has 1 heterocycles. The number of rotatable bonds is 16. The Kier molecular flexibility index (Phi) is 12.4. The number of halogens is 2. The first-order chi connectivity index (χ1) is 22.8. The summed E-state index contributed by atoms with van der Waals surface area (Å²) >= 11 is 14.6. The van der Waals surface area contributed by atoms with Crippen molar-refractivity contribution in [1.29, 1.82) is 0 Å². The first-order valence-corrected chi connectivity index (χ1v) is 16.7. The lowest BCUT2D eigenvalue weighted by Gasteiger charge is -2.15. The summed E-state index contributed by atoms with van der Waals surface area (Å²) in [4.78, 5) is 0. The van der Waals surface area contributed by atoms with E-state index in [-0.39, 0.29) is 26.3 Å². The molecule has 12 heteroatoms. The van der Waals surface area contributed by atoms with E-state index in [4.69, 9.17) is 42.5 Å². The van der Waals surface area contributed by atoms with Crippen LogP contribution in [0.15, 0.2) is 72.8 Å². The number of hydrogen-bond donors (Lipinski definition) is 7. The van der Waals surface area contributed by atoms with Crippen LogP contribution in [0.5, 0.6) is 5.75 Å². The topological polar surface area (TPSA) is 139 Å². The third kappa shape index (κ3) is 8.99. The van der Waals surface area contributed by atoms with Gasteiger partial charge in [-0.15, -0.1) is 0 Å². The van der Waals surface area contributed by atoms with E-state index in [2.05, 4.69) is 35.0 Å². The number of fused-ring (bicyclic) bond motifs is 1. The molecule has 0 unspecified atom stereocenters. The largest absolute Gasteiger partial charge is 0.487 e. The second-order valence-electron chi connectivity index (χ2n) is 11.2. The zero-order chi connectivity index (χ0) is 33.3. The Bertz CT molecular complexity index is 1800. The van der Waals surface area contributed by atoms with Gasteiger partial charge in [0, 0.05) is 37.1 Å². The Hall–Kier alpha value is -3.29. The third-order valence-corrected chi connectivity index (χ3v) is 9.24. The number of aliphatic hydroxyl groups is 4. The maximum absolute atomic E-state index is 9.53. The lowest BCUT2D eigenvalue weighted by Crippen LogP contribution is -2.28. The summed E-state index contributed by atoms with van der Waals surface area (Å²) in [5, 5.41) is 48.6. The van der Waals surface area contributed by atoms with E-state index in [1.807, 2.05) is 60.7 Å². The van der Waals surface area contributed by atoms with Gasteiger partial charge in [0.05, 0.1) is 45.9 Å². The molecule has 1 aromatic heterocycles. The van der Waals surface area contributed by atoms with Crippen LogP contribution in [0, 0.1) is 6.92 Å². The minimum absolute atomic E-state index is 0.287. The second-order valence-corrected chi connectivity index (χ2v) is 12.8. The molecule has 0 amide bonds. The first kappa shape index (κ1) is 35.0. The molecule has 0 aliphatic carbocycles. The van der Waals surface area contributed by atoms with E-state index >= 15 is 0 Å². The molecule has 4 aromatic carbocycles. The molecule has 248 valence electrons. The smallest absolute Gasteiger partial charge is 0.152 e. The SMILES string of the molecule is Cc1c(COc2ccc(CNC[C@@H](O)CO)cc2Cl)cccc1-c1cccc2c(Nc3ccc(CNC[C@@H](O)CO)cc3Cl)nsc12. The Morgan fingerprint density at radius 3 is 2.11 bits per heavy atom. The van der Waals surface area contributed by atoms with Crippen molar-refractivity contribution in [1.82, 2.24) is 15.0 Å². The van der Waals surface area contributed by atoms with Gasteiger partial charge in [-0.1, -0.05) is 65.7 Å². The van der Waals surface area contributed by atoms with Crippen LogP contribution >= 0.6 is 34.7 Å². The fourth-order valence-corrected chi connectivity index (χ4v) is 6.49. The van der Waals surface area contributed by atoms with Gasteiger partial charge in [-0.25, -0.2) is 0 Å². The van der Waals surface area contributed by atoms with Crippen LogP contribution < -0.4 is 20.7 Å². The molecule has 5 rings (SSSR count). The highest BCUT2D eigenvalue weighted by molar-refractivity contribution is 7.14. The molecule has 0 aliphatic heterocycles. The highest BCUT2D eigenvalue weighted by Gasteiger charge is 2.16. The van der Waals surface area contributed by atoms with E-state index in [1.54, 1.807) is 0 Å². The summed E-state index contributed by atoms with van der Waals surface area (Å²) < 4.78 is 11.9. The summed E-state index contributed by atoms with van der Waals surface area (Å²) in [6.45, 7) is 3.46. The summed E-state index contributed by atoms with van der Waals surface area (Å²) in [5.41, 5.74) is 6.94. The van der Waals surface area contributed by atoms with Crippen LogP contribution in [0.4, 0.5) is 11.5 Å². The predicted molar refractivity (Wildman–Crippen MR) is 190 cm³/mol. The quantitative estimate of drug-likeness (QED) is 0.0684. The van der Waals surface area contributed by atoms with Crippen molar-refractivity contribution in [3.8, 4) is 16.9 Å². The van der Waals surface area contributed by atoms with Gasteiger partial charge in [0.1, 0.15) is 12.4 Å². The normalized spacial score (nSPS) is 12.7. The van der Waals surface area contributed by atoms with Gasteiger partial charge in [0.2, 0.25) is 0 Å². The fraction of sp³-hybridized carbons (Fsp3) is 0.286. The molecule has 0 spiro atoms. The lowest BCUT2D eigenvalue weighted by atomic mass is 9.96. The third-order valence-electron chi connectivity index (χ3n) is 7.74. The minimum atomic E-state index is -0.799. The summed E-state index contributed by atoms with van der Waals surface area (Å²) in [7, 11) is 0. The molecule has 0 saturated carbocycles. The number of benzene rings is 4. The monoisotopic (exact) mass is 696 g/mol. The molecular formula is C35H38Cl2N4O5S. The molecule has 47 heavy (non-hydrogen) atoms. The van der Waals surface area contributed by atoms with E-state index in [1.165, 1.54) is 11.5 Å². The molecule has 0 bridgehead atoms. The molecule has 0 saturated heterocycles. The van der Waals surface area contributed by atoms with Gasteiger partial charge in [0.15, 0.2) is 5.82 Å². The number of ether oxygens (including phenoxy) is 1. The van der Waals surface area contributed by atoms with E-state index in [9.17, 15) is 10.2 Å². The number of aliphatic hydroxyl groups excluding tert-OH is 4. The van der Waals surface area contributed by atoms with Crippen molar-refractivity contribution in [2.75, 3.05) is 31.6 Å². The molecule has 0 radical (unpaired) electrons. The lowest BCUT2D eigenvalue weighted by molar-refractivity contribution is 0.0942. The van der Waals surface area contributed by atoms with Crippen LogP contribution in [-0.4, -0.2) is 63.3 Å². The molecule has 7 N–H and O–H groups in total. The van der Waals surface area contributed by atoms with Crippen LogP contribution in [0.2, 0.25) is 10.0 Å². The highest BCUT2D eigenvalue weighted by Crippen LogP contribution is 2.39. The predicted octanol–water partition coefficient (Wildman–Crippen LogP) is 5.79. The standard InChI is InChI=1S/C35H38Cl2N4O5S/c1-21-24(20-46-33-11-9-23(13-31(33)37)15-39-17-26(45)19-43)4-2-5-27(21)28-6-3-7-29-34(28)47-41-35(29)40-32-10-8-22(12-30(32)36)14-38-16-25(44)18-42/h2-13,25-26,38-39,42-45H,14-20H2,1H3,(H,40,41)/t25-,26-/m1/s1. The van der Waals surface area contributed by atoms with Crippen molar-refractivity contribution >= 4 is 56.3 Å². The van der Waals surface area contributed by atoms with E-state index < -0.39 is 12.2 Å². The average Bonchev–Trinajstić information content (AvgIpc) is 3.49. The first-order valence-electron chi connectivity index (χ1n) is 15.2. The van der Waals surface area contributed by atoms with Gasteiger partial charge in [-0.2, -0.15) is 4.37 Å². The van der Waals surface area contributed by atoms with Gasteiger partial charge < -0.3 is 41.1 Å². The number of anilines is 2. The Morgan fingerprint density at radius 1 is 0.809 bits per heavy atom. The molecule has 0 fully saturated rings. The second kappa shape index (κ2) is 16.7. The number of hydrogen-bond acceptors (Lipinski definition) is 10. The maximum Gasteiger partial charge on any atom is 0.152 e. The van der Waals surface area contributed by atoms with E-state index in [0.29, 0.717) is 35.5 Å². The van der Waals surface area contributed by atoms with E-state index in [0.717, 1.165) is 55.0 Å². The van der Waals surface area contributed by atoms with Crippen molar-refractivity contribution in [3.63, 3.8) is 0 Å². The highest BCUT2D eigenvalue weighted by atomic mass is 35.5. The number of nitrogens with zero attached hydrogens (tertiary/aromatic N) is 1. The Balaban J connectivity index is 1.28. The van der Waals surface area contributed by atoms with Crippen LogP contribution in [0.25, 0.3) is 21.2 Å². The van der Waals surface area contributed by atoms with Crippen LogP contribution in [0.3, 0.4) is 0 Å². The summed E-state index contributed by atoms with van der Waals surface area (Å²) in [6, 6.07) is 23.7. The van der Waals surface area contributed by atoms with Crippen LogP contribution in [-0.2, 0) is 19.7 Å². The van der Waals surface area contributed by atoms with Crippen molar-refractivity contribution in [2.45, 2.75) is 38.8 Å². The molecule has 9 nitrogen and oxygen atoms in total. The average molecular weight is 698 g/mol. The molecule has 0 aliphatic rings. The van der Waals surface area contributed by atoms with Crippen molar-refractivity contribution in [2.24, 2.45) is 0 Å². The molecule has 5 aromatic rings. The maximum atomic E-state index is 9.53. The Labute approximate surface area is 287 Å². The van der Waals surface area contributed by atoms with Crippen molar-refractivity contribution in [3.05, 3.63) is 105 Å². The summed E-state index contributed by atoms with van der Waals surface area (Å²) in [5.74, 6) is 1.31.